The maximum absolute atomic E-state index is 11.9. The first kappa shape index (κ1) is 13.8. The largest absolute Gasteiger partial charge is 0.445 e. The van der Waals surface area contributed by atoms with Crippen molar-refractivity contribution < 1.29 is 14.6 Å². The number of piperidine rings is 1. The lowest BCUT2D eigenvalue weighted by atomic mass is 9.90. The normalized spacial score (nSPS) is 27.1. The van der Waals surface area contributed by atoms with Gasteiger partial charge in [0.1, 0.15) is 6.61 Å². The summed E-state index contributed by atoms with van der Waals surface area (Å²) in [5.74, 6) is 0. The third-order valence-corrected chi connectivity index (χ3v) is 3.48. The molecule has 0 saturated carbocycles. The fourth-order valence-corrected chi connectivity index (χ4v) is 2.16. The van der Waals surface area contributed by atoms with Gasteiger partial charge in [-0.25, -0.2) is 4.79 Å². The summed E-state index contributed by atoms with van der Waals surface area (Å²) >= 11 is 0. The Morgan fingerprint density at radius 3 is 2.84 bits per heavy atom. The number of carbonyl (C=O) groups excluding carboxylic acids is 1. The summed E-state index contributed by atoms with van der Waals surface area (Å²) in [4.78, 5) is 13.4. The number of carbonyl (C=O) groups is 1. The van der Waals surface area contributed by atoms with Crippen molar-refractivity contribution in [2.24, 2.45) is 5.73 Å². The summed E-state index contributed by atoms with van der Waals surface area (Å²) in [7, 11) is 0. The number of amides is 1. The van der Waals surface area contributed by atoms with Gasteiger partial charge < -0.3 is 20.5 Å². The number of hydrogen-bond donors (Lipinski definition) is 2. The van der Waals surface area contributed by atoms with Gasteiger partial charge in [0, 0.05) is 12.6 Å². The van der Waals surface area contributed by atoms with Crippen LogP contribution in [-0.2, 0) is 11.3 Å². The topological polar surface area (TPSA) is 75.8 Å². The molecule has 0 radical (unpaired) electrons. The van der Waals surface area contributed by atoms with Crippen molar-refractivity contribution in [2.75, 3.05) is 13.1 Å². The highest BCUT2D eigenvalue weighted by atomic mass is 16.6. The first-order chi connectivity index (χ1) is 8.99. The van der Waals surface area contributed by atoms with Crippen molar-refractivity contribution in [3.8, 4) is 0 Å². The molecule has 1 amide bonds. The number of hydrogen-bond acceptors (Lipinski definition) is 4. The van der Waals surface area contributed by atoms with E-state index in [0.717, 1.165) is 5.56 Å². The lowest BCUT2D eigenvalue weighted by Gasteiger charge is -2.40. The van der Waals surface area contributed by atoms with Crippen LogP contribution in [0.4, 0.5) is 4.79 Å². The van der Waals surface area contributed by atoms with Crippen LogP contribution >= 0.6 is 0 Å². The van der Waals surface area contributed by atoms with E-state index < -0.39 is 11.7 Å². The molecule has 1 fully saturated rings. The maximum Gasteiger partial charge on any atom is 0.410 e. The highest BCUT2D eigenvalue weighted by molar-refractivity contribution is 5.68. The van der Waals surface area contributed by atoms with Gasteiger partial charge in [0.05, 0.1) is 12.1 Å². The zero-order valence-corrected chi connectivity index (χ0v) is 11.1. The standard InChI is InChI=1S/C14H20N2O3/c1-14(18)10-16(8-7-12(14)15)13(17)19-9-11-5-3-2-4-6-11/h2-6,12,18H,7-10,15H2,1H3/t12-,14+/m0/s1. The smallest absolute Gasteiger partial charge is 0.410 e. The van der Waals surface area contributed by atoms with Gasteiger partial charge in [0.15, 0.2) is 0 Å². The van der Waals surface area contributed by atoms with Crippen LogP contribution in [0.3, 0.4) is 0 Å². The van der Waals surface area contributed by atoms with Crippen molar-refractivity contribution in [2.45, 2.75) is 31.6 Å². The molecule has 1 aromatic rings. The van der Waals surface area contributed by atoms with Gasteiger partial charge in [-0.1, -0.05) is 30.3 Å². The second-order valence-corrected chi connectivity index (χ2v) is 5.21. The molecule has 19 heavy (non-hydrogen) atoms. The Kier molecular flexibility index (Phi) is 4.07. The summed E-state index contributed by atoms with van der Waals surface area (Å²) in [5.41, 5.74) is 5.70. The second kappa shape index (κ2) is 5.59. The molecule has 0 aromatic heterocycles. The molecular formula is C14H20N2O3. The van der Waals surface area contributed by atoms with Crippen molar-refractivity contribution in [3.05, 3.63) is 35.9 Å². The Morgan fingerprint density at radius 2 is 2.21 bits per heavy atom. The monoisotopic (exact) mass is 264 g/mol. The number of benzene rings is 1. The number of rotatable bonds is 2. The molecule has 1 aliphatic rings. The van der Waals surface area contributed by atoms with Crippen LogP contribution in [-0.4, -0.2) is 40.8 Å². The summed E-state index contributed by atoms with van der Waals surface area (Å²) < 4.78 is 5.23. The quantitative estimate of drug-likeness (QED) is 0.839. The number of nitrogens with two attached hydrogens (primary N) is 1. The van der Waals surface area contributed by atoms with E-state index >= 15 is 0 Å². The lowest BCUT2D eigenvalue weighted by molar-refractivity contribution is -0.0314. The van der Waals surface area contributed by atoms with E-state index in [1.54, 1.807) is 6.92 Å². The van der Waals surface area contributed by atoms with E-state index in [4.69, 9.17) is 10.5 Å². The minimum atomic E-state index is -1.05. The van der Waals surface area contributed by atoms with Gasteiger partial charge in [-0.3, -0.25) is 0 Å². The number of nitrogens with zero attached hydrogens (tertiary/aromatic N) is 1. The highest BCUT2D eigenvalue weighted by Crippen LogP contribution is 2.20. The SMILES string of the molecule is C[C@@]1(O)CN(C(=O)OCc2ccccc2)CC[C@@H]1N. The van der Waals surface area contributed by atoms with Crippen molar-refractivity contribution >= 4 is 6.09 Å². The average molecular weight is 264 g/mol. The molecule has 3 N–H and O–H groups in total. The predicted octanol–water partition coefficient (Wildman–Crippen LogP) is 1.11. The summed E-state index contributed by atoms with van der Waals surface area (Å²) in [5, 5.41) is 10.1. The molecule has 1 aliphatic heterocycles. The predicted molar refractivity (Wildman–Crippen MR) is 71.4 cm³/mol. The van der Waals surface area contributed by atoms with E-state index in [0.29, 0.717) is 13.0 Å². The fraction of sp³-hybridized carbons (Fsp3) is 0.500. The van der Waals surface area contributed by atoms with Crippen LogP contribution in [0.1, 0.15) is 18.9 Å². The van der Waals surface area contributed by atoms with Gasteiger partial charge in [-0.2, -0.15) is 0 Å². The van der Waals surface area contributed by atoms with Crippen molar-refractivity contribution in [1.82, 2.24) is 4.90 Å². The van der Waals surface area contributed by atoms with E-state index in [1.807, 2.05) is 30.3 Å². The number of β-amino-alcohol motifs (C(OH)–C–C–N with tert-alkyl or cyclic N) is 1. The third-order valence-electron chi connectivity index (χ3n) is 3.48. The Hall–Kier alpha value is -1.59. The molecule has 1 aromatic carbocycles. The van der Waals surface area contributed by atoms with Crippen LogP contribution in [0.15, 0.2) is 30.3 Å². The lowest BCUT2D eigenvalue weighted by Crippen LogP contribution is -2.59. The van der Waals surface area contributed by atoms with Crippen LogP contribution < -0.4 is 5.73 Å². The van der Waals surface area contributed by atoms with Gasteiger partial charge >= 0.3 is 6.09 Å². The first-order valence-electron chi connectivity index (χ1n) is 6.42. The Labute approximate surface area is 113 Å². The molecule has 0 aliphatic carbocycles. The van der Waals surface area contributed by atoms with Crippen LogP contribution in [0.2, 0.25) is 0 Å². The van der Waals surface area contributed by atoms with Crippen LogP contribution in [0, 0.1) is 0 Å². The summed E-state index contributed by atoms with van der Waals surface area (Å²) in [6.45, 7) is 2.62. The van der Waals surface area contributed by atoms with Crippen molar-refractivity contribution in [3.63, 3.8) is 0 Å². The molecular weight excluding hydrogens is 244 g/mol. The molecule has 2 rings (SSSR count). The molecule has 2 atom stereocenters. The molecule has 0 bridgehead atoms. The minimum Gasteiger partial charge on any atom is -0.445 e. The molecule has 0 unspecified atom stereocenters. The average Bonchev–Trinajstić information content (AvgIpc) is 2.40. The van der Waals surface area contributed by atoms with E-state index in [-0.39, 0.29) is 19.2 Å². The number of ether oxygens (including phenoxy) is 1. The summed E-state index contributed by atoms with van der Waals surface area (Å²) in [6.07, 6.45) is 0.170. The molecule has 0 spiro atoms. The van der Waals surface area contributed by atoms with E-state index in [9.17, 15) is 9.90 Å². The Morgan fingerprint density at radius 1 is 1.53 bits per heavy atom. The first-order valence-corrected chi connectivity index (χ1v) is 6.42. The number of aliphatic hydroxyl groups is 1. The van der Waals surface area contributed by atoms with Crippen molar-refractivity contribution in [1.29, 1.82) is 0 Å². The molecule has 1 saturated heterocycles. The third kappa shape index (κ3) is 3.45. The second-order valence-electron chi connectivity index (χ2n) is 5.21. The molecule has 5 nitrogen and oxygen atoms in total. The van der Waals surface area contributed by atoms with Gasteiger partial charge in [0.2, 0.25) is 0 Å². The van der Waals surface area contributed by atoms with Gasteiger partial charge in [-0.15, -0.1) is 0 Å². The minimum absolute atomic E-state index is 0.210. The maximum atomic E-state index is 11.9. The Bertz CT molecular complexity index is 434. The van der Waals surface area contributed by atoms with Crippen LogP contribution in [0.25, 0.3) is 0 Å². The van der Waals surface area contributed by atoms with Gasteiger partial charge in [0.25, 0.3) is 0 Å². The molecule has 104 valence electrons. The number of likely N-dealkylation sites (tertiary alicyclic amines) is 1. The van der Waals surface area contributed by atoms with Crippen LogP contribution in [0.5, 0.6) is 0 Å². The zero-order valence-electron chi connectivity index (χ0n) is 11.1. The van der Waals surface area contributed by atoms with E-state index in [1.165, 1.54) is 4.90 Å². The molecule has 1 heterocycles. The highest BCUT2D eigenvalue weighted by Gasteiger charge is 2.37. The summed E-state index contributed by atoms with van der Waals surface area (Å²) in [6, 6.07) is 9.20. The Balaban J connectivity index is 1.87. The fourth-order valence-electron chi connectivity index (χ4n) is 2.16. The molecule has 5 heteroatoms. The van der Waals surface area contributed by atoms with Gasteiger partial charge in [-0.05, 0) is 18.9 Å². The van der Waals surface area contributed by atoms with E-state index in [2.05, 4.69) is 0 Å². The zero-order chi connectivity index (χ0) is 13.9.